The average molecular weight is 506 g/mol. The summed E-state index contributed by atoms with van der Waals surface area (Å²) in [7, 11) is -7.03. The molecule has 2 fully saturated rings. The number of ketones is 1. The molecule has 2 aromatic rings. The number of nitrogens with zero attached hydrogens (tertiary/aromatic N) is 2. The van der Waals surface area contributed by atoms with Crippen molar-refractivity contribution in [2.75, 3.05) is 38.0 Å². The molecule has 2 aromatic carbocycles. The number of Topliss-reactive ketones (excluding diaryl/α,β-unsaturated/α-hetero) is 1. The molecule has 1 unspecified atom stereocenters. The molecule has 2 saturated heterocycles. The first-order valence-electron chi connectivity index (χ1n) is 11.7. The zero-order valence-electron chi connectivity index (χ0n) is 19.3. The van der Waals surface area contributed by atoms with Gasteiger partial charge in [-0.15, -0.1) is 0 Å². The van der Waals surface area contributed by atoms with E-state index in [0.29, 0.717) is 43.3 Å². The third-order valence-electron chi connectivity index (χ3n) is 6.44. The lowest BCUT2D eigenvalue weighted by Gasteiger charge is -2.30. The summed E-state index contributed by atoms with van der Waals surface area (Å²) >= 11 is 0. The second-order valence-corrected chi connectivity index (χ2v) is 12.9. The van der Waals surface area contributed by atoms with Crippen molar-refractivity contribution in [3.05, 3.63) is 54.1 Å². The van der Waals surface area contributed by atoms with Crippen molar-refractivity contribution >= 4 is 31.5 Å². The molecule has 34 heavy (non-hydrogen) atoms. The molecule has 0 amide bonds. The lowest BCUT2D eigenvalue weighted by Crippen LogP contribution is -2.39. The maximum absolute atomic E-state index is 12.9. The van der Waals surface area contributed by atoms with E-state index in [1.807, 2.05) is 0 Å². The van der Waals surface area contributed by atoms with Crippen molar-refractivity contribution in [3.63, 3.8) is 0 Å². The van der Waals surface area contributed by atoms with Gasteiger partial charge in [0.15, 0.2) is 5.78 Å². The second kappa shape index (κ2) is 10.2. The van der Waals surface area contributed by atoms with Gasteiger partial charge in [0.1, 0.15) is 0 Å². The van der Waals surface area contributed by atoms with Crippen LogP contribution in [0, 0.1) is 5.92 Å². The van der Waals surface area contributed by atoms with E-state index >= 15 is 0 Å². The maximum atomic E-state index is 12.9. The van der Waals surface area contributed by atoms with E-state index in [1.165, 1.54) is 28.6 Å². The molecule has 10 heteroatoms. The van der Waals surface area contributed by atoms with Gasteiger partial charge in [-0.2, -0.15) is 8.61 Å². The van der Waals surface area contributed by atoms with Crippen LogP contribution in [0.5, 0.6) is 0 Å². The molecule has 2 aliphatic rings. The number of nitrogens with one attached hydrogen (secondary N) is 1. The van der Waals surface area contributed by atoms with Gasteiger partial charge in [-0.25, -0.2) is 16.8 Å². The van der Waals surface area contributed by atoms with Crippen LogP contribution in [0.15, 0.2) is 58.3 Å². The monoisotopic (exact) mass is 505 g/mol. The number of rotatable bonds is 8. The molecule has 0 bridgehead atoms. The molecule has 8 nitrogen and oxygen atoms in total. The van der Waals surface area contributed by atoms with Crippen LogP contribution >= 0.6 is 0 Å². The summed E-state index contributed by atoms with van der Waals surface area (Å²) < 4.78 is 54.0. The van der Waals surface area contributed by atoms with Crippen molar-refractivity contribution < 1.29 is 21.6 Å². The van der Waals surface area contributed by atoms with Crippen LogP contribution in [0.4, 0.5) is 5.69 Å². The zero-order valence-corrected chi connectivity index (χ0v) is 20.9. The van der Waals surface area contributed by atoms with E-state index in [2.05, 4.69) is 12.2 Å². The lowest BCUT2D eigenvalue weighted by atomic mass is 10.0. The van der Waals surface area contributed by atoms with Crippen molar-refractivity contribution in [1.29, 1.82) is 0 Å². The zero-order chi connectivity index (χ0) is 24.3. The highest BCUT2D eigenvalue weighted by Crippen LogP contribution is 2.25. The first-order chi connectivity index (χ1) is 16.2. The van der Waals surface area contributed by atoms with Crippen molar-refractivity contribution in [1.82, 2.24) is 8.61 Å². The number of hydrogen-bond acceptors (Lipinski definition) is 6. The summed E-state index contributed by atoms with van der Waals surface area (Å²) in [6.07, 6.45) is 3.64. The molecule has 184 valence electrons. The minimum atomic E-state index is -3.52. The third-order valence-corrected chi connectivity index (χ3v) is 10.2. The van der Waals surface area contributed by atoms with Crippen LogP contribution in [0.3, 0.4) is 0 Å². The number of carbonyl (C=O) groups is 1. The van der Waals surface area contributed by atoms with Gasteiger partial charge in [0.25, 0.3) is 0 Å². The molecule has 0 aliphatic carbocycles. The van der Waals surface area contributed by atoms with Crippen LogP contribution in [0.25, 0.3) is 0 Å². The molecule has 4 rings (SSSR count). The van der Waals surface area contributed by atoms with Crippen LogP contribution in [0.2, 0.25) is 0 Å². The van der Waals surface area contributed by atoms with Gasteiger partial charge >= 0.3 is 0 Å². The number of benzene rings is 2. The summed E-state index contributed by atoms with van der Waals surface area (Å²) in [6, 6.07) is 12.4. The largest absolute Gasteiger partial charge is 0.378 e. The Morgan fingerprint density at radius 1 is 0.824 bits per heavy atom. The highest BCUT2D eigenvalue weighted by Gasteiger charge is 2.29. The van der Waals surface area contributed by atoms with Crippen LogP contribution in [-0.2, 0) is 20.0 Å². The maximum Gasteiger partial charge on any atom is 0.243 e. The molecule has 0 radical (unpaired) electrons. The Morgan fingerprint density at radius 3 is 1.94 bits per heavy atom. The van der Waals surface area contributed by atoms with E-state index in [0.717, 1.165) is 25.7 Å². The molecule has 1 atom stereocenters. The van der Waals surface area contributed by atoms with Crippen LogP contribution in [0.1, 0.15) is 43.0 Å². The fourth-order valence-electron chi connectivity index (χ4n) is 4.43. The Kier molecular flexibility index (Phi) is 7.42. The quantitative estimate of drug-likeness (QED) is 0.553. The summed E-state index contributed by atoms with van der Waals surface area (Å²) in [4.78, 5) is 13.0. The van der Waals surface area contributed by atoms with Crippen molar-refractivity contribution in [2.45, 2.75) is 42.4 Å². The summed E-state index contributed by atoms with van der Waals surface area (Å²) in [5.74, 6) is 0.161. The van der Waals surface area contributed by atoms with Crippen molar-refractivity contribution in [2.24, 2.45) is 5.92 Å². The number of hydrogen-bond donors (Lipinski definition) is 1. The molecular weight excluding hydrogens is 474 g/mol. The Bertz CT molecular complexity index is 1220. The summed E-state index contributed by atoms with van der Waals surface area (Å²) in [5.41, 5.74) is 1.04. The van der Waals surface area contributed by atoms with Crippen LogP contribution < -0.4 is 5.32 Å². The van der Waals surface area contributed by atoms with Gasteiger partial charge in [-0.1, -0.05) is 6.92 Å². The molecule has 2 heterocycles. The van der Waals surface area contributed by atoms with Gasteiger partial charge in [-0.05, 0) is 80.1 Å². The van der Waals surface area contributed by atoms with Gasteiger partial charge in [-0.3, -0.25) is 4.79 Å². The Balaban J connectivity index is 1.36. The fourth-order valence-corrected chi connectivity index (χ4v) is 7.55. The van der Waals surface area contributed by atoms with Crippen LogP contribution in [-0.4, -0.2) is 64.0 Å². The van der Waals surface area contributed by atoms with E-state index in [1.54, 1.807) is 28.6 Å². The predicted octanol–water partition coefficient (Wildman–Crippen LogP) is 3.19. The topological polar surface area (TPSA) is 104 Å². The van der Waals surface area contributed by atoms with Gasteiger partial charge < -0.3 is 5.32 Å². The number of carbonyl (C=O) groups excluding carboxylic acids is 1. The Hall–Kier alpha value is -2.27. The first kappa shape index (κ1) is 24.8. The SMILES string of the molecule is CC1CCCN(S(=O)(=O)c2ccc(NCC(=O)c3ccc(S(=O)(=O)N4CCCC4)cc3)cc2)C1. The Morgan fingerprint density at radius 2 is 1.35 bits per heavy atom. The molecule has 2 aliphatic heterocycles. The minimum Gasteiger partial charge on any atom is -0.378 e. The highest BCUT2D eigenvalue weighted by molar-refractivity contribution is 7.89. The smallest absolute Gasteiger partial charge is 0.243 e. The van der Waals surface area contributed by atoms with Crippen molar-refractivity contribution in [3.8, 4) is 0 Å². The van der Waals surface area contributed by atoms with E-state index < -0.39 is 20.0 Å². The standard InChI is InChI=1S/C24H31N3O5S2/c1-19-5-4-16-27(18-19)34(31,32)23-12-8-21(9-13-23)25-17-24(28)20-6-10-22(11-7-20)33(29,30)26-14-2-3-15-26/h6-13,19,25H,2-5,14-18H2,1H3. The van der Waals surface area contributed by atoms with Gasteiger partial charge in [0, 0.05) is 37.4 Å². The lowest BCUT2D eigenvalue weighted by molar-refractivity contribution is 0.101. The van der Waals surface area contributed by atoms with E-state index in [4.69, 9.17) is 0 Å². The third kappa shape index (κ3) is 5.35. The molecule has 0 saturated carbocycles. The fraction of sp³-hybridized carbons (Fsp3) is 0.458. The normalized spacial score (nSPS) is 20.3. The first-order valence-corrected chi connectivity index (χ1v) is 14.5. The Labute approximate surface area is 202 Å². The average Bonchev–Trinajstić information content (AvgIpc) is 3.39. The van der Waals surface area contributed by atoms with Gasteiger partial charge in [0.05, 0.1) is 16.3 Å². The number of anilines is 1. The number of sulfonamides is 2. The number of piperidine rings is 1. The molecule has 0 spiro atoms. The summed E-state index contributed by atoms with van der Waals surface area (Å²) in [6.45, 7) is 4.21. The second-order valence-electron chi connectivity index (χ2n) is 9.05. The minimum absolute atomic E-state index is 0.00789. The van der Waals surface area contributed by atoms with E-state index in [9.17, 15) is 21.6 Å². The molecule has 1 N–H and O–H groups in total. The highest BCUT2D eigenvalue weighted by atomic mass is 32.2. The van der Waals surface area contributed by atoms with E-state index in [-0.39, 0.29) is 22.1 Å². The van der Waals surface area contributed by atoms with Gasteiger partial charge in [0.2, 0.25) is 20.0 Å². The summed E-state index contributed by atoms with van der Waals surface area (Å²) in [5, 5.41) is 3.01. The molecular formula is C24H31N3O5S2. The molecule has 0 aromatic heterocycles. The predicted molar refractivity (Wildman–Crippen MR) is 131 cm³/mol.